The fraction of sp³-hybridized carbons (Fsp3) is 0.250. The standard InChI is InChI=1S/C56H53BN2O2/c1-32-24-33(2)26-34(25-32)35-27-42-43-29-38(56(9,10)11)31-49-51(43)59(45-23-21-41-40-14-12-13-15-48(40)60-52(41)53(45)61-49)57-44-22-18-37(55(6,7)8)30-46(44)58(47(28-35)50(42)57)39-19-16-36(17-20-39)54(3,4)5/h12-31H,1-11H3. The number of nitrogens with zero attached hydrogens (tertiary/aromatic N) is 2. The lowest BCUT2D eigenvalue weighted by molar-refractivity contribution is 0.469. The highest BCUT2D eigenvalue weighted by molar-refractivity contribution is 6.93. The number of hydrogen-bond donors (Lipinski definition) is 0. The van der Waals surface area contributed by atoms with Crippen molar-refractivity contribution in [3.63, 3.8) is 0 Å². The van der Waals surface area contributed by atoms with Crippen molar-refractivity contribution in [2.75, 3.05) is 9.71 Å². The van der Waals surface area contributed by atoms with E-state index in [1.807, 2.05) is 6.07 Å². The van der Waals surface area contributed by atoms with Crippen LogP contribution < -0.4 is 25.4 Å². The second kappa shape index (κ2) is 12.7. The van der Waals surface area contributed by atoms with E-state index in [4.69, 9.17) is 9.15 Å². The molecule has 3 aliphatic rings. The molecule has 0 fully saturated rings. The Bertz CT molecular complexity index is 3130. The zero-order chi connectivity index (χ0) is 42.5. The van der Waals surface area contributed by atoms with E-state index in [1.54, 1.807) is 0 Å². The molecule has 0 atom stereocenters. The highest BCUT2D eigenvalue weighted by Crippen LogP contribution is 2.59. The predicted molar refractivity (Wildman–Crippen MR) is 259 cm³/mol. The van der Waals surface area contributed by atoms with Crippen LogP contribution in [0, 0.1) is 13.8 Å². The van der Waals surface area contributed by atoms with Gasteiger partial charge in [0.05, 0.1) is 11.4 Å². The maximum Gasteiger partial charge on any atom is 0.333 e. The molecule has 1 aromatic heterocycles. The first-order chi connectivity index (χ1) is 28.9. The molecule has 0 saturated carbocycles. The molecule has 302 valence electrons. The minimum Gasteiger partial charge on any atom is -0.452 e. The van der Waals surface area contributed by atoms with Gasteiger partial charge in [0.15, 0.2) is 17.1 Å². The number of para-hydroxylation sites is 1. The van der Waals surface area contributed by atoms with Gasteiger partial charge in [0.25, 0.3) is 0 Å². The summed E-state index contributed by atoms with van der Waals surface area (Å²) < 4.78 is 14.0. The zero-order valence-corrected chi connectivity index (χ0v) is 37.3. The lowest BCUT2D eigenvalue weighted by atomic mass is 9.43. The summed E-state index contributed by atoms with van der Waals surface area (Å²) in [4.78, 5) is 5.14. The second-order valence-corrected chi connectivity index (χ2v) is 20.9. The maximum absolute atomic E-state index is 7.24. The number of anilines is 5. The van der Waals surface area contributed by atoms with Gasteiger partial charge in [0.2, 0.25) is 0 Å². The Labute approximate surface area is 360 Å². The predicted octanol–water partition coefficient (Wildman–Crippen LogP) is 14.6. The Morgan fingerprint density at radius 2 is 1.20 bits per heavy atom. The molecule has 5 heteroatoms. The van der Waals surface area contributed by atoms with Gasteiger partial charge < -0.3 is 18.9 Å². The summed E-state index contributed by atoms with van der Waals surface area (Å²) in [6, 6.07) is 45.9. The monoisotopic (exact) mass is 796 g/mol. The van der Waals surface area contributed by atoms with Crippen molar-refractivity contribution in [3.8, 4) is 33.8 Å². The first kappa shape index (κ1) is 37.8. The van der Waals surface area contributed by atoms with Crippen LogP contribution >= 0.6 is 0 Å². The summed E-state index contributed by atoms with van der Waals surface area (Å²) in [6.07, 6.45) is 0. The topological polar surface area (TPSA) is 28.9 Å². The van der Waals surface area contributed by atoms with E-state index in [-0.39, 0.29) is 23.1 Å². The quantitative estimate of drug-likeness (QED) is 0.163. The average molecular weight is 797 g/mol. The van der Waals surface area contributed by atoms with Crippen molar-refractivity contribution < 1.29 is 9.15 Å². The van der Waals surface area contributed by atoms with Gasteiger partial charge in [-0.2, -0.15) is 0 Å². The summed E-state index contributed by atoms with van der Waals surface area (Å²) in [5, 5.41) is 2.15. The third-order valence-electron chi connectivity index (χ3n) is 13.3. The number of ether oxygens (including phenoxy) is 1. The van der Waals surface area contributed by atoms with E-state index in [1.165, 1.54) is 72.4 Å². The molecule has 0 spiro atoms. The van der Waals surface area contributed by atoms with Crippen LogP contribution in [0.4, 0.5) is 28.4 Å². The molecule has 0 N–H and O–H groups in total. The molecule has 0 amide bonds. The Hall–Kier alpha value is -6.20. The Balaban J connectivity index is 1.28. The molecule has 0 unspecified atom stereocenters. The normalized spacial score (nSPS) is 14.2. The van der Waals surface area contributed by atoms with Crippen LogP contribution in [0.25, 0.3) is 44.2 Å². The maximum atomic E-state index is 7.24. The van der Waals surface area contributed by atoms with Gasteiger partial charge in [-0.15, -0.1) is 0 Å². The number of fused-ring (bicyclic) bond motifs is 10. The second-order valence-electron chi connectivity index (χ2n) is 20.9. The van der Waals surface area contributed by atoms with Gasteiger partial charge in [0, 0.05) is 33.4 Å². The molecule has 3 aliphatic heterocycles. The van der Waals surface area contributed by atoms with Gasteiger partial charge in [-0.05, 0) is 135 Å². The zero-order valence-electron chi connectivity index (χ0n) is 37.3. The molecule has 4 heterocycles. The summed E-state index contributed by atoms with van der Waals surface area (Å²) >= 11 is 0. The van der Waals surface area contributed by atoms with Crippen LogP contribution in [-0.4, -0.2) is 6.85 Å². The lowest BCUT2D eigenvalue weighted by Gasteiger charge is -2.48. The van der Waals surface area contributed by atoms with E-state index in [2.05, 4.69) is 201 Å². The Kier molecular flexibility index (Phi) is 7.85. The molecular formula is C56H53BN2O2. The summed E-state index contributed by atoms with van der Waals surface area (Å²) in [7, 11) is 0. The van der Waals surface area contributed by atoms with Gasteiger partial charge in [-0.3, -0.25) is 0 Å². The molecule has 8 aromatic rings. The molecule has 0 saturated heterocycles. The summed E-state index contributed by atoms with van der Waals surface area (Å²) in [6.45, 7) is 25.0. The van der Waals surface area contributed by atoms with Gasteiger partial charge in [-0.1, -0.05) is 134 Å². The summed E-state index contributed by atoms with van der Waals surface area (Å²) in [5.41, 5.74) is 20.9. The van der Waals surface area contributed by atoms with E-state index in [0.717, 1.165) is 50.5 Å². The molecule has 61 heavy (non-hydrogen) atoms. The molecule has 7 aromatic carbocycles. The van der Waals surface area contributed by atoms with Crippen LogP contribution in [-0.2, 0) is 16.2 Å². The van der Waals surface area contributed by atoms with E-state index in [0.29, 0.717) is 0 Å². The van der Waals surface area contributed by atoms with Crippen LogP contribution in [0.3, 0.4) is 0 Å². The van der Waals surface area contributed by atoms with Crippen molar-refractivity contribution in [3.05, 3.63) is 149 Å². The van der Waals surface area contributed by atoms with Crippen molar-refractivity contribution in [1.29, 1.82) is 0 Å². The van der Waals surface area contributed by atoms with Crippen molar-refractivity contribution >= 4 is 68.1 Å². The highest BCUT2D eigenvalue weighted by atomic mass is 16.5. The molecule has 4 nitrogen and oxygen atoms in total. The van der Waals surface area contributed by atoms with Gasteiger partial charge in [0.1, 0.15) is 5.58 Å². The van der Waals surface area contributed by atoms with Crippen molar-refractivity contribution in [2.24, 2.45) is 0 Å². The van der Waals surface area contributed by atoms with Gasteiger partial charge >= 0.3 is 6.85 Å². The number of benzene rings is 7. The van der Waals surface area contributed by atoms with E-state index < -0.39 is 0 Å². The minimum atomic E-state index is -0.149. The van der Waals surface area contributed by atoms with Crippen LogP contribution in [0.2, 0.25) is 0 Å². The first-order valence-electron chi connectivity index (χ1n) is 21.9. The number of rotatable bonds is 2. The lowest BCUT2D eigenvalue weighted by Crippen LogP contribution is -2.62. The smallest absolute Gasteiger partial charge is 0.333 e. The minimum absolute atomic E-state index is 0.0338. The molecular weight excluding hydrogens is 743 g/mol. The fourth-order valence-corrected chi connectivity index (χ4v) is 10.1. The number of hydrogen-bond acceptors (Lipinski definition) is 4. The molecule has 0 bridgehead atoms. The number of furan rings is 1. The van der Waals surface area contributed by atoms with E-state index >= 15 is 0 Å². The third-order valence-corrected chi connectivity index (χ3v) is 13.3. The van der Waals surface area contributed by atoms with Crippen LogP contribution in [0.1, 0.15) is 90.1 Å². The average Bonchev–Trinajstić information content (AvgIpc) is 3.59. The Morgan fingerprint density at radius 3 is 1.90 bits per heavy atom. The Morgan fingerprint density at radius 1 is 0.525 bits per heavy atom. The molecule has 11 rings (SSSR count). The highest BCUT2D eigenvalue weighted by Gasteiger charge is 2.49. The van der Waals surface area contributed by atoms with Crippen molar-refractivity contribution in [2.45, 2.75) is 92.4 Å². The molecule has 0 aliphatic carbocycles. The van der Waals surface area contributed by atoms with E-state index in [9.17, 15) is 0 Å². The largest absolute Gasteiger partial charge is 0.452 e. The first-order valence-corrected chi connectivity index (χ1v) is 21.9. The van der Waals surface area contributed by atoms with Crippen LogP contribution in [0.15, 0.2) is 126 Å². The van der Waals surface area contributed by atoms with Gasteiger partial charge in [-0.25, -0.2) is 0 Å². The third kappa shape index (κ3) is 5.73. The van der Waals surface area contributed by atoms with Crippen LogP contribution in [0.5, 0.6) is 11.5 Å². The van der Waals surface area contributed by atoms with Crippen molar-refractivity contribution in [1.82, 2.24) is 0 Å². The molecule has 0 radical (unpaired) electrons. The fourth-order valence-electron chi connectivity index (χ4n) is 10.1. The SMILES string of the molecule is Cc1cc(C)cc(-c2cc3c4c(c2)N(c2ccc(C(C)(C)C)cc2)c2cc(C(C)(C)C)ccc2B4N2c4ccc5c(oc6ccccc65)c4Oc4cc(C(C)(C)C)cc-3c42)c1. The number of aryl methyl sites for hydroxylation is 2. The summed E-state index contributed by atoms with van der Waals surface area (Å²) in [5.74, 6) is 1.63.